The Balaban J connectivity index is 2.14. The SMILES string of the molecule is COc1ccc(NC(C)c2ccc(Br)o2)cc1OC. The zero-order valence-electron chi connectivity index (χ0n) is 11.1. The van der Waals surface area contributed by atoms with Crippen LogP contribution in [-0.2, 0) is 0 Å². The summed E-state index contributed by atoms with van der Waals surface area (Å²) in [5.41, 5.74) is 0.942. The number of methoxy groups -OCH3 is 2. The van der Waals surface area contributed by atoms with E-state index in [0.29, 0.717) is 11.5 Å². The Morgan fingerprint density at radius 2 is 1.84 bits per heavy atom. The quantitative estimate of drug-likeness (QED) is 0.893. The Labute approximate surface area is 120 Å². The Morgan fingerprint density at radius 3 is 2.42 bits per heavy atom. The van der Waals surface area contributed by atoms with Crippen molar-refractivity contribution < 1.29 is 13.9 Å². The van der Waals surface area contributed by atoms with E-state index >= 15 is 0 Å². The van der Waals surface area contributed by atoms with Crippen molar-refractivity contribution in [3.8, 4) is 11.5 Å². The molecule has 1 aromatic heterocycles. The van der Waals surface area contributed by atoms with Crippen LogP contribution in [0.3, 0.4) is 0 Å². The summed E-state index contributed by atoms with van der Waals surface area (Å²) in [7, 11) is 3.24. The molecule has 0 amide bonds. The van der Waals surface area contributed by atoms with Crippen LogP contribution in [0.5, 0.6) is 11.5 Å². The highest BCUT2D eigenvalue weighted by atomic mass is 79.9. The van der Waals surface area contributed by atoms with Crippen molar-refractivity contribution in [3.05, 3.63) is 40.8 Å². The maximum Gasteiger partial charge on any atom is 0.169 e. The largest absolute Gasteiger partial charge is 0.493 e. The first-order valence-corrected chi connectivity index (χ1v) is 6.67. The zero-order chi connectivity index (χ0) is 13.8. The van der Waals surface area contributed by atoms with Crippen molar-refractivity contribution in [1.82, 2.24) is 0 Å². The number of halogens is 1. The second-order valence-corrected chi connectivity index (χ2v) is 4.86. The smallest absolute Gasteiger partial charge is 0.169 e. The van der Waals surface area contributed by atoms with Gasteiger partial charge in [-0.3, -0.25) is 0 Å². The summed E-state index contributed by atoms with van der Waals surface area (Å²) < 4.78 is 16.7. The number of hydrogen-bond acceptors (Lipinski definition) is 4. The minimum absolute atomic E-state index is 0.0596. The fraction of sp³-hybridized carbons (Fsp3) is 0.286. The molecule has 2 aromatic rings. The number of furan rings is 1. The number of benzene rings is 1. The summed E-state index contributed by atoms with van der Waals surface area (Å²) in [6.07, 6.45) is 0. The van der Waals surface area contributed by atoms with Crippen molar-refractivity contribution >= 4 is 21.6 Å². The fourth-order valence-corrected chi connectivity index (χ4v) is 2.13. The van der Waals surface area contributed by atoms with E-state index in [1.54, 1.807) is 14.2 Å². The van der Waals surface area contributed by atoms with Gasteiger partial charge in [0.25, 0.3) is 0 Å². The van der Waals surface area contributed by atoms with E-state index in [9.17, 15) is 0 Å². The molecule has 1 unspecified atom stereocenters. The van der Waals surface area contributed by atoms with Crippen molar-refractivity contribution in [2.45, 2.75) is 13.0 Å². The third-order valence-electron chi connectivity index (χ3n) is 2.79. The first-order valence-electron chi connectivity index (χ1n) is 5.88. The molecule has 0 aliphatic carbocycles. The number of rotatable bonds is 5. The fourth-order valence-electron chi connectivity index (χ4n) is 1.81. The van der Waals surface area contributed by atoms with Crippen molar-refractivity contribution in [3.63, 3.8) is 0 Å². The normalized spacial score (nSPS) is 12.0. The average Bonchev–Trinajstić information content (AvgIpc) is 2.85. The maximum absolute atomic E-state index is 5.52. The van der Waals surface area contributed by atoms with E-state index in [-0.39, 0.29) is 6.04 Å². The molecule has 1 N–H and O–H groups in total. The van der Waals surface area contributed by atoms with Crippen molar-refractivity contribution in [1.29, 1.82) is 0 Å². The molecule has 19 heavy (non-hydrogen) atoms. The second kappa shape index (κ2) is 6.02. The van der Waals surface area contributed by atoms with Gasteiger partial charge in [-0.1, -0.05) is 0 Å². The van der Waals surface area contributed by atoms with Crippen molar-refractivity contribution in [2.75, 3.05) is 19.5 Å². The second-order valence-electron chi connectivity index (χ2n) is 4.08. The molecule has 1 aromatic carbocycles. The van der Waals surface area contributed by atoms with Gasteiger partial charge in [0.15, 0.2) is 16.2 Å². The molecular weight excluding hydrogens is 310 g/mol. The number of hydrogen-bond donors (Lipinski definition) is 1. The Morgan fingerprint density at radius 1 is 1.11 bits per heavy atom. The molecule has 2 rings (SSSR count). The summed E-state index contributed by atoms with van der Waals surface area (Å²) in [6, 6.07) is 9.57. The van der Waals surface area contributed by atoms with Gasteiger partial charge >= 0.3 is 0 Å². The summed E-state index contributed by atoms with van der Waals surface area (Å²) in [6.45, 7) is 2.03. The third-order valence-corrected chi connectivity index (χ3v) is 3.21. The molecule has 1 atom stereocenters. The molecule has 0 spiro atoms. The van der Waals surface area contributed by atoms with Crippen LogP contribution in [-0.4, -0.2) is 14.2 Å². The molecule has 0 radical (unpaired) electrons. The first kappa shape index (κ1) is 13.8. The molecule has 0 aliphatic rings. The van der Waals surface area contributed by atoms with Gasteiger partial charge in [-0.25, -0.2) is 0 Å². The molecule has 0 bridgehead atoms. The summed E-state index contributed by atoms with van der Waals surface area (Å²) in [5, 5.41) is 3.35. The number of anilines is 1. The third kappa shape index (κ3) is 3.23. The molecule has 0 aliphatic heterocycles. The highest BCUT2D eigenvalue weighted by Gasteiger charge is 2.11. The van der Waals surface area contributed by atoms with Crippen LogP contribution >= 0.6 is 15.9 Å². The highest BCUT2D eigenvalue weighted by Crippen LogP contribution is 2.31. The highest BCUT2D eigenvalue weighted by molar-refractivity contribution is 9.10. The summed E-state index contributed by atoms with van der Waals surface area (Å²) in [4.78, 5) is 0. The predicted molar refractivity (Wildman–Crippen MR) is 78.0 cm³/mol. The van der Waals surface area contributed by atoms with Gasteiger partial charge < -0.3 is 19.2 Å². The molecule has 4 nitrogen and oxygen atoms in total. The van der Waals surface area contributed by atoms with E-state index in [1.807, 2.05) is 37.3 Å². The van der Waals surface area contributed by atoms with Crippen LogP contribution in [0, 0.1) is 0 Å². The molecule has 0 saturated heterocycles. The molecule has 102 valence electrons. The lowest BCUT2D eigenvalue weighted by atomic mass is 10.2. The van der Waals surface area contributed by atoms with Crippen LogP contribution in [0.2, 0.25) is 0 Å². The molecule has 0 fully saturated rings. The topological polar surface area (TPSA) is 43.6 Å². The number of ether oxygens (including phenoxy) is 2. The standard InChI is InChI=1S/C14H16BrNO3/c1-9(11-6-7-14(15)19-11)16-10-4-5-12(17-2)13(8-10)18-3/h4-9,16H,1-3H3. The van der Waals surface area contributed by atoms with E-state index in [1.165, 1.54) is 0 Å². The van der Waals surface area contributed by atoms with E-state index in [2.05, 4.69) is 21.2 Å². The maximum atomic E-state index is 5.52. The van der Waals surface area contributed by atoms with E-state index in [4.69, 9.17) is 13.9 Å². The number of nitrogens with one attached hydrogen (secondary N) is 1. The van der Waals surface area contributed by atoms with Crippen LogP contribution < -0.4 is 14.8 Å². The molecular formula is C14H16BrNO3. The van der Waals surface area contributed by atoms with Gasteiger partial charge in [0.05, 0.1) is 20.3 Å². The van der Waals surface area contributed by atoms with Crippen LogP contribution in [0.25, 0.3) is 0 Å². The summed E-state index contributed by atoms with van der Waals surface area (Å²) >= 11 is 3.30. The monoisotopic (exact) mass is 325 g/mol. The zero-order valence-corrected chi connectivity index (χ0v) is 12.7. The van der Waals surface area contributed by atoms with Crippen LogP contribution in [0.15, 0.2) is 39.4 Å². The lowest BCUT2D eigenvalue weighted by Crippen LogP contribution is -2.05. The Bertz CT molecular complexity index is 553. The molecule has 1 heterocycles. The lowest BCUT2D eigenvalue weighted by Gasteiger charge is -2.15. The molecule has 5 heteroatoms. The van der Waals surface area contributed by atoms with Crippen molar-refractivity contribution in [2.24, 2.45) is 0 Å². The average molecular weight is 326 g/mol. The van der Waals surface area contributed by atoms with E-state index in [0.717, 1.165) is 16.1 Å². The van der Waals surface area contributed by atoms with Gasteiger partial charge in [-0.2, -0.15) is 0 Å². The van der Waals surface area contributed by atoms with Gasteiger partial charge in [0.2, 0.25) is 0 Å². The predicted octanol–water partition coefficient (Wildman–Crippen LogP) is 4.23. The van der Waals surface area contributed by atoms with Gasteiger partial charge in [0, 0.05) is 11.8 Å². The van der Waals surface area contributed by atoms with Gasteiger partial charge in [-0.15, -0.1) is 0 Å². The lowest BCUT2D eigenvalue weighted by molar-refractivity contribution is 0.355. The Hall–Kier alpha value is -1.62. The van der Waals surface area contributed by atoms with Gasteiger partial charge in [0.1, 0.15) is 5.76 Å². The first-order chi connectivity index (χ1) is 9.13. The summed E-state index contributed by atoms with van der Waals surface area (Å²) in [5.74, 6) is 2.27. The van der Waals surface area contributed by atoms with E-state index < -0.39 is 0 Å². The van der Waals surface area contributed by atoms with Crippen LogP contribution in [0.1, 0.15) is 18.7 Å². The molecule has 0 saturated carbocycles. The van der Waals surface area contributed by atoms with Gasteiger partial charge in [-0.05, 0) is 47.1 Å². The minimum Gasteiger partial charge on any atom is -0.493 e. The van der Waals surface area contributed by atoms with Crippen LogP contribution in [0.4, 0.5) is 5.69 Å². The minimum atomic E-state index is 0.0596. The Kier molecular flexibility index (Phi) is 4.37.